The molecule has 2 aromatic rings. The van der Waals surface area contributed by atoms with Gasteiger partial charge >= 0.3 is 0 Å². The molecule has 0 fully saturated rings. The number of unbranched alkanes of at least 4 members (excludes halogenated alkanes) is 2. The molecule has 108 valence electrons. The number of hydrogen-bond donors (Lipinski definition) is 1. The van der Waals surface area contributed by atoms with Crippen LogP contribution in [0.3, 0.4) is 0 Å². The predicted molar refractivity (Wildman–Crippen MR) is 81.3 cm³/mol. The highest BCUT2D eigenvalue weighted by molar-refractivity contribution is 5.65. The quantitative estimate of drug-likeness (QED) is 0.647. The number of aryl methyl sites for hydroxylation is 1. The summed E-state index contributed by atoms with van der Waals surface area (Å²) in [4.78, 5) is 0. The lowest BCUT2D eigenvalue weighted by molar-refractivity contribution is 0.432. The summed E-state index contributed by atoms with van der Waals surface area (Å²) in [7, 11) is 0. The van der Waals surface area contributed by atoms with Gasteiger partial charge in [-0.1, -0.05) is 32.3 Å². The molecule has 1 atom stereocenters. The zero-order chi connectivity index (χ0) is 14.5. The van der Waals surface area contributed by atoms with Crippen LogP contribution in [0, 0.1) is 6.92 Å². The number of aromatic nitrogens is 4. The number of nitrogens with zero attached hydrogens (tertiary/aromatic N) is 4. The molecular formula is C15H23N5. The van der Waals surface area contributed by atoms with Crippen molar-refractivity contribution in [2.75, 3.05) is 5.73 Å². The fraction of sp³-hybridized carbons (Fsp3) is 0.533. The first-order valence-electron chi connectivity index (χ1n) is 7.27. The number of nitrogen functional groups attached to an aromatic ring is 1. The first-order valence-corrected chi connectivity index (χ1v) is 7.27. The van der Waals surface area contributed by atoms with Gasteiger partial charge in [-0.15, -0.1) is 5.10 Å². The Bertz CT molecular complexity index is 561. The second-order valence-electron chi connectivity index (χ2n) is 5.37. The Balaban J connectivity index is 2.26. The Hall–Kier alpha value is -1.91. The molecule has 0 aliphatic carbocycles. The van der Waals surface area contributed by atoms with Crippen LogP contribution in [0.25, 0.3) is 11.4 Å². The molecule has 5 nitrogen and oxygen atoms in total. The van der Waals surface area contributed by atoms with Gasteiger partial charge < -0.3 is 5.73 Å². The van der Waals surface area contributed by atoms with Gasteiger partial charge in [0.1, 0.15) is 0 Å². The van der Waals surface area contributed by atoms with Gasteiger partial charge in [-0.25, -0.2) is 4.68 Å². The van der Waals surface area contributed by atoms with Crippen molar-refractivity contribution in [2.24, 2.45) is 0 Å². The van der Waals surface area contributed by atoms with Gasteiger partial charge in [0.15, 0.2) is 5.82 Å². The Labute approximate surface area is 120 Å². The lowest BCUT2D eigenvalue weighted by Gasteiger charge is -2.14. The standard InChI is InChI=1S/C15H23N5/c1-4-5-6-7-12(3)20-15(17-18-19-20)14-10-13(16)9-8-11(14)2/h8-10,12H,4-7,16H2,1-3H3. The van der Waals surface area contributed by atoms with Crippen LogP contribution in [0.2, 0.25) is 0 Å². The van der Waals surface area contributed by atoms with E-state index in [1.54, 1.807) is 0 Å². The van der Waals surface area contributed by atoms with E-state index in [0.717, 1.165) is 29.1 Å². The molecule has 0 aliphatic heterocycles. The minimum absolute atomic E-state index is 0.299. The van der Waals surface area contributed by atoms with E-state index in [1.165, 1.54) is 19.3 Å². The highest BCUT2D eigenvalue weighted by atomic mass is 15.5. The van der Waals surface area contributed by atoms with E-state index in [1.807, 2.05) is 22.9 Å². The molecule has 1 unspecified atom stereocenters. The molecule has 0 radical (unpaired) electrons. The third-order valence-corrected chi connectivity index (χ3v) is 3.64. The number of hydrogen-bond acceptors (Lipinski definition) is 4. The summed E-state index contributed by atoms with van der Waals surface area (Å²) in [5.41, 5.74) is 8.76. The van der Waals surface area contributed by atoms with Crippen LogP contribution in [0.5, 0.6) is 0 Å². The van der Waals surface area contributed by atoms with Crippen molar-refractivity contribution in [1.82, 2.24) is 20.2 Å². The van der Waals surface area contributed by atoms with Gasteiger partial charge in [0.2, 0.25) is 0 Å². The molecule has 1 aromatic carbocycles. The van der Waals surface area contributed by atoms with Crippen LogP contribution < -0.4 is 5.73 Å². The third kappa shape index (κ3) is 3.15. The van der Waals surface area contributed by atoms with Crippen molar-refractivity contribution in [2.45, 2.75) is 52.5 Å². The van der Waals surface area contributed by atoms with E-state index in [4.69, 9.17) is 5.73 Å². The summed E-state index contributed by atoms with van der Waals surface area (Å²) < 4.78 is 1.91. The van der Waals surface area contributed by atoms with Crippen LogP contribution in [-0.2, 0) is 0 Å². The van der Waals surface area contributed by atoms with E-state index in [0.29, 0.717) is 6.04 Å². The number of rotatable bonds is 6. The first-order chi connectivity index (χ1) is 9.63. The average Bonchev–Trinajstić information content (AvgIpc) is 2.91. The summed E-state index contributed by atoms with van der Waals surface area (Å²) in [6.07, 6.45) is 4.77. The van der Waals surface area contributed by atoms with E-state index >= 15 is 0 Å². The molecule has 1 aromatic heterocycles. The summed E-state index contributed by atoms with van der Waals surface area (Å²) >= 11 is 0. The lowest BCUT2D eigenvalue weighted by atomic mass is 10.1. The molecule has 0 aliphatic rings. The van der Waals surface area contributed by atoms with E-state index in [-0.39, 0.29) is 0 Å². The number of anilines is 1. The van der Waals surface area contributed by atoms with Crippen LogP contribution >= 0.6 is 0 Å². The zero-order valence-electron chi connectivity index (χ0n) is 12.5. The molecule has 5 heteroatoms. The highest BCUT2D eigenvalue weighted by Gasteiger charge is 2.16. The van der Waals surface area contributed by atoms with E-state index < -0.39 is 0 Å². The summed E-state index contributed by atoms with van der Waals surface area (Å²) in [5, 5.41) is 12.2. The zero-order valence-corrected chi connectivity index (χ0v) is 12.5. The van der Waals surface area contributed by atoms with Crippen molar-refractivity contribution in [3.8, 4) is 11.4 Å². The number of nitrogens with two attached hydrogens (primary N) is 1. The van der Waals surface area contributed by atoms with Crippen molar-refractivity contribution in [3.05, 3.63) is 23.8 Å². The predicted octanol–water partition coefficient (Wildman–Crippen LogP) is 3.37. The Morgan fingerprint density at radius 3 is 2.85 bits per heavy atom. The fourth-order valence-corrected chi connectivity index (χ4v) is 2.36. The van der Waals surface area contributed by atoms with Gasteiger partial charge in [-0.2, -0.15) is 0 Å². The smallest absolute Gasteiger partial charge is 0.182 e. The van der Waals surface area contributed by atoms with Crippen molar-refractivity contribution in [1.29, 1.82) is 0 Å². The normalized spacial score (nSPS) is 12.6. The lowest BCUT2D eigenvalue weighted by Crippen LogP contribution is -2.09. The topological polar surface area (TPSA) is 69.6 Å². The Morgan fingerprint density at radius 1 is 1.30 bits per heavy atom. The highest BCUT2D eigenvalue weighted by Crippen LogP contribution is 2.26. The molecule has 1 heterocycles. The number of tetrazole rings is 1. The molecule has 0 saturated heterocycles. The van der Waals surface area contributed by atoms with Crippen molar-refractivity contribution < 1.29 is 0 Å². The van der Waals surface area contributed by atoms with Crippen molar-refractivity contribution >= 4 is 5.69 Å². The van der Waals surface area contributed by atoms with Crippen LogP contribution in [0.15, 0.2) is 18.2 Å². The summed E-state index contributed by atoms with van der Waals surface area (Å²) in [5.74, 6) is 0.804. The fourth-order valence-electron chi connectivity index (χ4n) is 2.36. The first kappa shape index (κ1) is 14.5. The van der Waals surface area contributed by atoms with Crippen LogP contribution in [-0.4, -0.2) is 20.2 Å². The van der Waals surface area contributed by atoms with Crippen LogP contribution in [0.1, 0.15) is 51.1 Å². The molecular weight excluding hydrogens is 250 g/mol. The molecule has 20 heavy (non-hydrogen) atoms. The van der Waals surface area contributed by atoms with Crippen molar-refractivity contribution in [3.63, 3.8) is 0 Å². The monoisotopic (exact) mass is 273 g/mol. The maximum Gasteiger partial charge on any atom is 0.182 e. The Kier molecular flexibility index (Phi) is 4.71. The molecule has 0 spiro atoms. The molecule has 0 amide bonds. The molecule has 0 bridgehead atoms. The van der Waals surface area contributed by atoms with Gasteiger partial charge in [-0.05, 0) is 48.4 Å². The second-order valence-corrected chi connectivity index (χ2v) is 5.37. The van der Waals surface area contributed by atoms with E-state index in [2.05, 4.69) is 36.3 Å². The van der Waals surface area contributed by atoms with Crippen LogP contribution in [0.4, 0.5) is 5.69 Å². The van der Waals surface area contributed by atoms with Gasteiger partial charge in [0.25, 0.3) is 0 Å². The summed E-state index contributed by atoms with van der Waals surface area (Å²) in [6, 6.07) is 6.15. The Morgan fingerprint density at radius 2 is 2.10 bits per heavy atom. The summed E-state index contributed by atoms with van der Waals surface area (Å²) in [6.45, 7) is 6.43. The maximum absolute atomic E-state index is 5.88. The molecule has 2 N–H and O–H groups in total. The molecule has 2 rings (SSSR count). The van der Waals surface area contributed by atoms with E-state index in [9.17, 15) is 0 Å². The SMILES string of the molecule is CCCCCC(C)n1nnnc1-c1cc(N)ccc1C. The maximum atomic E-state index is 5.88. The number of benzene rings is 1. The minimum atomic E-state index is 0.299. The van der Waals surface area contributed by atoms with Gasteiger partial charge in [-0.3, -0.25) is 0 Å². The third-order valence-electron chi connectivity index (χ3n) is 3.64. The van der Waals surface area contributed by atoms with Gasteiger partial charge in [0.05, 0.1) is 6.04 Å². The van der Waals surface area contributed by atoms with Gasteiger partial charge in [0, 0.05) is 11.3 Å². The molecule has 0 saturated carbocycles. The average molecular weight is 273 g/mol. The minimum Gasteiger partial charge on any atom is -0.399 e. The second kappa shape index (κ2) is 6.50. The largest absolute Gasteiger partial charge is 0.399 e.